The highest BCUT2D eigenvalue weighted by Crippen LogP contribution is 2.44. The van der Waals surface area contributed by atoms with Crippen LogP contribution in [0.5, 0.6) is 5.75 Å². The topological polar surface area (TPSA) is 98.5 Å². The van der Waals surface area contributed by atoms with Gasteiger partial charge in [0.15, 0.2) is 0 Å². The van der Waals surface area contributed by atoms with Gasteiger partial charge in [0.25, 0.3) is 11.5 Å². The number of benzene rings is 1. The fourth-order valence-corrected chi connectivity index (χ4v) is 4.47. The Bertz CT molecular complexity index is 965. The van der Waals surface area contributed by atoms with Gasteiger partial charge in [-0.25, -0.2) is 4.79 Å². The Morgan fingerprint density at radius 3 is 2.56 bits per heavy atom. The van der Waals surface area contributed by atoms with Crippen LogP contribution in [0.15, 0.2) is 40.1 Å². The van der Waals surface area contributed by atoms with Gasteiger partial charge >= 0.3 is 5.69 Å². The second-order valence-corrected chi connectivity index (χ2v) is 7.28. The van der Waals surface area contributed by atoms with Gasteiger partial charge in [0.1, 0.15) is 11.3 Å². The fourth-order valence-electron chi connectivity index (χ4n) is 4.47. The number of carbonyl (C=O) groups excluding carboxylic acids is 1. The van der Waals surface area contributed by atoms with E-state index in [0.29, 0.717) is 24.9 Å². The molecule has 27 heavy (non-hydrogen) atoms. The lowest BCUT2D eigenvalue weighted by atomic mass is 9.89. The summed E-state index contributed by atoms with van der Waals surface area (Å²) in [4.78, 5) is 44.4. The van der Waals surface area contributed by atoms with Crippen LogP contribution in [0, 0.1) is 11.8 Å². The van der Waals surface area contributed by atoms with Gasteiger partial charge in [-0.1, -0.05) is 12.1 Å². The zero-order chi connectivity index (χ0) is 19.1. The number of fused-ring (bicyclic) bond motifs is 1. The first-order valence-electron chi connectivity index (χ1n) is 8.93. The van der Waals surface area contributed by atoms with Crippen LogP contribution in [-0.4, -0.2) is 59.5 Å². The third-order valence-electron chi connectivity index (χ3n) is 5.69. The van der Waals surface area contributed by atoms with E-state index in [9.17, 15) is 14.4 Å². The van der Waals surface area contributed by atoms with Crippen molar-refractivity contribution in [3.8, 4) is 5.75 Å². The van der Waals surface area contributed by atoms with Crippen LogP contribution in [0.1, 0.15) is 22.0 Å². The number of H-pyrrole nitrogens is 2. The largest absolute Gasteiger partial charge is 0.497 e. The van der Waals surface area contributed by atoms with Crippen molar-refractivity contribution in [1.29, 1.82) is 0 Å². The summed E-state index contributed by atoms with van der Waals surface area (Å²) in [5.74, 6) is 1.14. The Hall–Kier alpha value is -2.87. The first kappa shape index (κ1) is 17.5. The standard InChI is InChI=1S/C19H22N4O4/c1-22-8-12-9-23(18(25)14-7-20-19(26)21-17(14)24)10-15(12)16(22)11-3-5-13(27-2)6-4-11/h3-7,12,15-16H,8-10H2,1-2H3,(H2,20,21,24,26)/t12-,15+,16+/m0/s1. The summed E-state index contributed by atoms with van der Waals surface area (Å²) in [6, 6.07) is 8.26. The first-order chi connectivity index (χ1) is 13.0. The first-order valence-corrected chi connectivity index (χ1v) is 8.93. The Morgan fingerprint density at radius 1 is 1.15 bits per heavy atom. The number of rotatable bonds is 3. The summed E-state index contributed by atoms with van der Waals surface area (Å²) in [5, 5.41) is 0. The molecule has 2 aromatic rings. The molecule has 1 aromatic carbocycles. The highest BCUT2D eigenvalue weighted by Gasteiger charge is 2.47. The maximum atomic E-state index is 12.8. The van der Waals surface area contributed by atoms with Crippen molar-refractivity contribution in [2.24, 2.45) is 11.8 Å². The highest BCUT2D eigenvalue weighted by molar-refractivity contribution is 5.93. The molecule has 0 unspecified atom stereocenters. The van der Waals surface area contributed by atoms with E-state index in [1.165, 1.54) is 11.8 Å². The molecule has 8 nitrogen and oxygen atoms in total. The molecule has 3 heterocycles. The number of methoxy groups -OCH3 is 1. The van der Waals surface area contributed by atoms with Crippen molar-refractivity contribution in [3.63, 3.8) is 0 Å². The average Bonchev–Trinajstić information content (AvgIpc) is 3.18. The normalized spacial score (nSPS) is 24.8. The van der Waals surface area contributed by atoms with Crippen LogP contribution in [0.3, 0.4) is 0 Å². The van der Waals surface area contributed by atoms with Gasteiger partial charge in [-0.15, -0.1) is 0 Å². The summed E-state index contributed by atoms with van der Waals surface area (Å²) in [7, 11) is 3.75. The molecular formula is C19H22N4O4. The van der Waals surface area contributed by atoms with Crippen molar-refractivity contribution in [3.05, 3.63) is 62.4 Å². The van der Waals surface area contributed by atoms with E-state index in [4.69, 9.17) is 4.74 Å². The van der Waals surface area contributed by atoms with Gasteiger partial charge in [0.05, 0.1) is 7.11 Å². The molecule has 0 aliphatic carbocycles. The van der Waals surface area contributed by atoms with Gasteiger partial charge in [-0.2, -0.15) is 0 Å². The minimum atomic E-state index is -0.648. The maximum absolute atomic E-state index is 12.8. The number of likely N-dealkylation sites (tertiary alicyclic amines) is 2. The van der Waals surface area contributed by atoms with Crippen molar-refractivity contribution >= 4 is 5.91 Å². The zero-order valence-electron chi connectivity index (χ0n) is 15.3. The molecule has 0 radical (unpaired) electrons. The van der Waals surface area contributed by atoms with E-state index in [2.05, 4.69) is 34.0 Å². The predicted molar refractivity (Wildman–Crippen MR) is 98.9 cm³/mol. The number of aromatic amines is 2. The number of nitrogens with zero attached hydrogens (tertiary/aromatic N) is 2. The number of aromatic nitrogens is 2. The van der Waals surface area contributed by atoms with Gasteiger partial charge in [-0.05, 0) is 30.7 Å². The van der Waals surface area contributed by atoms with Gasteiger partial charge in [0.2, 0.25) is 0 Å². The Balaban J connectivity index is 1.56. The van der Waals surface area contributed by atoms with Crippen LogP contribution in [-0.2, 0) is 0 Å². The number of amides is 1. The molecule has 8 heteroatoms. The summed E-state index contributed by atoms with van der Waals surface area (Å²) < 4.78 is 5.24. The second kappa shape index (κ2) is 6.70. The summed E-state index contributed by atoms with van der Waals surface area (Å²) in [6.07, 6.45) is 1.20. The number of hydrogen-bond acceptors (Lipinski definition) is 5. The SMILES string of the molecule is COc1ccc([C@@H]2[C@@H]3CN(C(=O)c4c[nH]c(=O)[nH]c4=O)C[C@@H]3CN2C)cc1. The van der Waals surface area contributed by atoms with E-state index in [1.54, 1.807) is 12.0 Å². The molecule has 3 atom stereocenters. The Morgan fingerprint density at radius 2 is 1.89 bits per heavy atom. The molecule has 0 bridgehead atoms. The second-order valence-electron chi connectivity index (χ2n) is 7.28. The minimum Gasteiger partial charge on any atom is -0.497 e. The van der Waals surface area contributed by atoms with Crippen LogP contribution in [0.2, 0.25) is 0 Å². The van der Waals surface area contributed by atoms with Crippen LogP contribution >= 0.6 is 0 Å². The summed E-state index contributed by atoms with van der Waals surface area (Å²) >= 11 is 0. The van der Waals surface area contributed by atoms with Crippen molar-refractivity contribution in [1.82, 2.24) is 19.8 Å². The molecule has 4 rings (SSSR count). The zero-order valence-corrected chi connectivity index (χ0v) is 15.3. The monoisotopic (exact) mass is 370 g/mol. The number of hydrogen-bond donors (Lipinski definition) is 2. The van der Waals surface area contributed by atoms with E-state index in [1.807, 2.05) is 12.1 Å². The molecule has 2 N–H and O–H groups in total. The third-order valence-corrected chi connectivity index (χ3v) is 5.69. The lowest BCUT2D eigenvalue weighted by Gasteiger charge is -2.27. The molecule has 1 aromatic heterocycles. The third kappa shape index (κ3) is 3.06. The van der Waals surface area contributed by atoms with Gasteiger partial charge < -0.3 is 14.6 Å². The molecule has 2 aliphatic heterocycles. The predicted octanol–water partition coefficient (Wildman–Crippen LogP) is 0.447. The number of ether oxygens (including phenoxy) is 1. The lowest BCUT2D eigenvalue weighted by molar-refractivity contribution is 0.0765. The maximum Gasteiger partial charge on any atom is 0.325 e. The smallest absolute Gasteiger partial charge is 0.325 e. The van der Waals surface area contributed by atoms with E-state index >= 15 is 0 Å². The highest BCUT2D eigenvalue weighted by atomic mass is 16.5. The fraction of sp³-hybridized carbons (Fsp3) is 0.421. The van der Waals surface area contributed by atoms with E-state index in [-0.39, 0.29) is 17.5 Å². The molecule has 2 fully saturated rings. The quantitative estimate of drug-likeness (QED) is 0.817. The molecule has 0 spiro atoms. The van der Waals surface area contributed by atoms with Crippen LogP contribution in [0.4, 0.5) is 0 Å². The van der Waals surface area contributed by atoms with Crippen molar-refractivity contribution < 1.29 is 9.53 Å². The lowest BCUT2D eigenvalue weighted by Crippen LogP contribution is -2.37. The van der Waals surface area contributed by atoms with Crippen LogP contribution in [0.25, 0.3) is 0 Å². The molecular weight excluding hydrogens is 348 g/mol. The van der Waals surface area contributed by atoms with Crippen LogP contribution < -0.4 is 16.0 Å². The number of nitrogens with one attached hydrogen (secondary N) is 2. The van der Waals surface area contributed by atoms with E-state index in [0.717, 1.165) is 12.3 Å². The summed E-state index contributed by atoms with van der Waals surface area (Å²) in [6.45, 7) is 2.09. The Kier molecular flexibility index (Phi) is 4.35. The van der Waals surface area contributed by atoms with Gasteiger partial charge in [0, 0.05) is 37.8 Å². The van der Waals surface area contributed by atoms with E-state index < -0.39 is 11.2 Å². The van der Waals surface area contributed by atoms with Crippen molar-refractivity contribution in [2.75, 3.05) is 33.8 Å². The molecule has 142 valence electrons. The Labute approximate surface area is 155 Å². The molecule has 2 aliphatic rings. The van der Waals surface area contributed by atoms with Gasteiger partial charge in [-0.3, -0.25) is 19.5 Å². The molecule has 1 amide bonds. The molecule has 2 saturated heterocycles. The summed E-state index contributed by atoms with van der Waals surface area (Å²) in [5.41, 5.74) is -0.0911. The molecule has 0 saturated carbocycles. The van der Waals surface area contributed by atoms with Crippen molar-refractivity contribution in [2.45, 2.75) is 6.04 Å². The minimum absolute atomic E-state index is 0.0241. The number of carbonyl (C=O) groups is 1. The average molecular weight is 370 g/mol.